The molecule has 0 atom stereocenters. The molecule has 0 fully saturated rings. The fourth-order valence-electron chi connectivity index (χ4n) is 1.48. The quantitative estimate of drug-likeness (QED) is 0.590. The van der Waals surface area contributed by atoms with Crippen molar-refractivity contribution < 1.29 is 0 Å². The summed E-state index contributed by atoms with van der Waals surface area (Å²) in [6.45, 7) is 0. The molecule has 0 amide bonds. The van der Waals surface area contributed by atoms with Crippen LogP contribution in [-0.4, -0.2) is 9.52 Å². The molecule has 0 radical (unpaired) electrons. The van der Waals surface area contributed by atoms with Crippen molar-refractivity contribution in [3.63, 3.8) is 0 Å². The first-order chi connectivity index (χ1) is 5.95. The summed E-state index contributed by atoms with van der Waals surface area (Å²) in [7, 11) is -0.136. The molecule has 0 saturated carbocycles. The average molecular weight is 172 g/mol. The molecule has 1 aromatic carbocycles. The fraction of sp³-hybridized carbons (Fsp3) is 0.0909. The molecule has 1 heteroatoms. The van der Waals surface area contributed by atoms with E-state index in [1.165, 1.54) is 6.42 Å². The fourth-order valence-corrected chi connectivity index (χ4v) is 3.08. The molecule has 0 bridgehead atoms. The van der Waals surface area contributed by atoms with Gasteiger partial charge < -0.3 is 0 Å². The minimum absolute atomic E-state index is 0.136. The summed E-state index contributed by atoms with van der Waals surface area (Å²) < 4.78 is 0. The average Bonchev–Trinajstić information content (AvgIpc) is 2.59. The summed E-state index contributed by atoms with van der Waals surface area (Å²) in [5, 5.41) is 3.20. The van der Waals surface area contributed by atoms with Gasteiger partial charge in [-0.3, -0.25) is 0 Å². The Morgan fingerprint density at radius 3 is 2.58 bits per heavy atom. The highest BCUT2D eigenvalue weighted by molar-refractivity contribution is 6.61. The number of hydrogen-bond donors (Lipinski definition) is 0. The third-order valence-electron chi connectivity index (χ3n) is 2.12. The zero-order chi connectivity index (χ0) is 8.23. The van der Waals surface area contributed by atoms with Crippen molar-refractivity contribution in [2.45, 2.75) is 6.42 Å². The lowest BCUT2D eigenvalue weighted by molar-refractivity contribution is 1.40. The molecule has 2 rings (SSSR count). The molecule has 0 unspecified atom stereocenters. The minimum atomic E-state index is -0.136. The van der Waals surface area contributed by atoms with Crippen molar-refractivity contribution >= 4 is 14.7 Å². The van der Waals surface area contributed by atoms with Crippen molar-refractivity contribution in [2.24, 2.45) is 0 Å². The number of benzene rings is 1. The van der Waals surface area contributed by atoms with Crippen LogP contribution >= 0.6 is 0 Å². The predicted octanol–water partition coefficient (Wildman–Crippen LogP) is 1.32. The molecule has 12 heavy (non-hydrogen) atoms. The maximum atomic E-state index is 2.28. The van der Waals surface area contributed by atoms with Crippen molar-refractivity contribution in [2.75, 3.05) is 0 Å². The van der Waals surface area contributed by atoms with Gasteiger partial charge in [0.15, 0.2) is 0 Å². The van der Waals surface area contributed by atoms with Crippen LogP contribution in [-0.2, 0) is 0 Å². The second kappa shape index (κ2) is 3.54. The molecule has 0 aliphatic heterocycles. The summed E-state index contributed by atoms with van der Waals surface area (Å²) in [5.74, 6) is 0. The SMILES string of the molecule is C1=CCC([SiH2]c2ccccc2)=C1. The Hall–Kier alpha value is -1.08. The van der Waals surface area contributed by atoms with E-state index >= 15 is 0 Å². The molecule has 1 aliphatic carbocycles. The standard InChI is InChI=1S/C11H12Si/c1-2-6-10(7-3-1)12-11-8-4-5-9-11/h1-8H,9,12H2. The summed E-state index contributed by atoms with van der Waals surface area (Å²) in [6, 6.07) is 10.8. The Labute approximate surface area is 75.4 Å². The Kier molecular flexibility index (Phi) is 2.23. The Balaban J connectivity index is 2.05. The maximum Gasteiger partial charge on any atom is 0.0828 e. The molecule has 0 heterocycles. The van der Waals surface area contributed by atoms with Crippen molar-refractivity contribution in [3.8, 4) is 0 Å². The lowest BCUT2D eigenvalue weighted by Crippen LogP contribution is -2.14. The van der Waals surface area contributed by atoms with Gasteiger partial charge in [-0.25, -0.2) is 0 Å². The number of rotatable bonds is 2. The first-order valence-corrected chi connectivity index (χ1v) is 5.75. The van der Waals surface area contributed by atoms with Gasteiger partial charge in [0.25, 0.3) is 0 Å². The highest BCUT2D eigenvalue weighted by Gasteiger charge is 2.00. The van der Waals surface area contributed by atoms with E-state index in [4.69, 9.17) is 0 Å². The van der Waals surface area contributed by atoms with Gasteiger partial charge in [0, 0.05) is 0 Å². The summed E-state index contributed by atoms with van der Waals surface area (Å²) in [6.07, 6.45) is 7.89. The zero-order valence-corrected chi connectivity index (χ0v) is 8.45. The number of allylic oxidation sites excluding steroid dienone is 4. The maximum absolute atomic E-state index is 2.28. The molecule has 60 valence electrons. The topological polar surface area (TPSA) is 0 Å². The van der Waals surface area contributed by atoms with Gasteiger partial charge in [0.1, 0.15) is 0 Å². The normalized spacial score (nSPS) is 15.8. The molecule has 0 spiro atoms. The van der Waals surface area contributed by atoms with Gasteiger partial charge in [0.2, 0.25) is 0 Å². The second-order valence-electron chi connectivity index (χ2n) is 3.12. The highest BCUT2D eigenvalue weighted by Crippen LogP contribution is 2.07. The van der Waals surface area contributed by atoms with Crippen LogP contribution in [0.4, 0.5) is 0 Å². The third-order valence-corrected chi connectivity index (χ3v) is 3.98. The zero-order valence-electron chi connectivity index (χ0n) is 7.03. The van der Waals surface area contributed by atoms with E-state index in [9.17, 15) is 0 Å². The van der Waals surface area contributed by atoms with E-state index in [1.807, 2.05) is 0 Å². The minimum Gasteiger partial charge on any atom is -0.0809 e. The first kappa shape index (κ1) is 7.56. The lowest BCUT2D eigenvalue weighted by Gasteiger charge is -1.99. The highest BCUT2D eigenvalue weighted by atomic mass is 28.2. The first-order valence-electron chi connectivity index (χ1n) is 4.33. The van der Waals surface area contributed by atoms with Crippen molar-refractivity contribution in [3.05, 3.63) is 53.8 Å². The van der Waals surface area contributed by atoms with Gasteiger partial charge in [0.05, 0.1) is 9.52 Å². The van der Waals surface area contributed by atoms with Crippen molar-refractivity contribution in [1.29, 1.82) is 0 Å². The van der Waals surface area contributed by atoms with Gasteiger partial charge in [-0.2, -0.15) is 0 Å². The molecule has 0 N–H and O–H groups in total. The second-order valence-corrected chi connectivity index (χ2v) is 5.20. The van der Waals surface area contributed by atoms with Crippen LogP contribution in [0.5, 0.6) is 0 Å². The van der Waals surface area contributed by atoms with Gasteiger partial charge in [-0.1, -0.05) is 58.9 Å². The van der Waals surface area contributed by atoms with E-state index in [1.54, 1.807) is 10.4 Å². The summed E-state index contributed by atoms with van der Waals surface area (Å²) in [4.78, 5) is 0. The summed E-state index contributed by atoms with van der Waals surface area (Å²) in [5.41, 5.74) is 0. The van der Waals surface area contributed by atoms with Gasteiger partial charge >= 0.3 is 0 Å². The van der Waals surface area contributed by atoms with Crippen molar-refractivity contribution in [1.82, 2.24) is 0 Å². The molecule has 0 nitrogen and oxygen atoms in total. The summed E-state index contributed by atoms with van der Waals surface area (Å²) >= 11 is 0. The molecule has 0 saturated heterocycles. The van der Waals surface area contributed by atoms with E-state index in [2.05, 4.69) is 48.6 Å². The van der Waals surface area contributed by atoms with E-state index in [0.717, 1.165) is 0 Å². The molecule has 1 aliphatic rings. The van der Waals surface area contributed by atoms with Crippen LogP contribution in [0.3, 0.4) is 0 Å². The Morgan fingerprint density at radius 1 is 1.08 bits per heavy atom. The van der Waals surface area contributed by atoms with Crippen LogP contribution in [0.25, 0.3) is 0 Å². The van der Waals surface area contributed by atoms with Crippen LogP contribution in [0.2, 0.25) is 0 Å². The molecular formula is C11H12Si. The lowest BCUT2D eigenvalue weighted by atomic mass is 10.4. The Morgan fingerprint density at radius 2 is 1.92 bits per heavy atom. The monoisotopic (exact) mass is 172 g/mol. The Bertz CT molecular complexity index is 309. The van der Waals surface area contributed by atoms with E-state index in [-0.39, 0.29) is 9.52 Å². The van der Waals surface area contributed by atoms with Crippen LogP contribution in [0.1, 0.15) is 6.42 Å². The van der Waals surface area contributed by atoms with E-state index < -0.39 is 0 Å². The van der Waals surface area contributed by atoms with Gasteiger partial charge in [-0.15, -0.1) is 0 Å². The van der Waals surface area contributed by atoms with Crippen LogP contribution in [0.15, 0.2) is 53.8 Å². The molecule has 0 aromatic heterocycles. The van der Waals surface area contributed by atoms with Crippen LogP contribution < -0.4 is 5.19 Å². The third kappa shape index (κ3) is 1.74. The largest absolute Gasteiger partial charge is 0.0828 e. The van der Waals surface area contributed by atoms with E-state index in [0.29, 0.717) is 0 Å². The predicted molar refractivity (Wildman–Crippen MR) is 56.5 cm³/mol. The molecular weight excluding hydrogens is 160 g/mol. The van der Waals surface area contributed by atoms with Gasteiger partial charge in [-0.05, 0) is 6.42 Å². The van der Waals surface area contributed by atoms with Crippen LogP contribution in [0, 0.1) is 0 Å². The number of hydrogen-bond acceptors (Lipinski definition) is 0. The smallest absolute Gasteiger partial charge is 0.0809 e. The molecule has 1 aromatic rings.